The van der Waals surface area contributed by atoms with Crippen molar-refractivity contribution >= 4 is 29.0 Å². The number of hydrogen-bond donors (Lipinski definition) is 1. The lowest BCUT2D eigenvalue weighted by Gasteiger charge is -2.22. The molecule has 0 aliphatic heterocycles. The SMILES string of the molecule is CCCC(C)(N)C(=O)c1ccc(Cl)c(Cl)c1. The third kappa shape index (κ3) is 2.97. The van der Waals surface area contributed by atoms with E-state index in [1.165, 1.54) is 0 Å². The molecule has 0 radical (unpaired) electrons. The van der Waals surface area contributed by atoms with Gasteiger partial charge in [-0.15, -0.1) is 0 Å². The standard InChI is InChI=1S/C12H15Cl2NO/c1-3-6-12(2,15)11(16)8-4-5-9(13)10(14)7-8/h4-5,7H,3,6,15H2,1-2H3. The van der Waals surface area contributed by atoms with E-state index >= 15 is 0 Å². The van der Waals surface area contributed by atoms with E-state index < -0.39 is 5.54 Å². The molecule has 0 spiro atoms. The van der Waals surface area contributed by atoms with Crippen molar-refractivity contribution in [2.24, 2.45) is 5.73 Å². The second kappa shape index (κ2) is 5.17. The Bertz CT molecular complexity index is 402. The number of carbonyl (C=O) groups excluding carboxylic acids is 1. The first-order valence-corrected chi connectivity index (χ1v) is 5.93. The highest BCUT2D eigenvalue weighted by molar-refractivity contribution is 6.42. The minimum Gasteiger partial charge on any atom is -0.319 e. The number of Topliss-reactive ketones (excluding diaryl/α,β-unsaturated/α-hetero) is 1. The van der Waals surface area contributed by atoms with E-state index in [-0.39, 0.29) is 5.78 Å². The van der Waals surface area contributed by atoms with Gasteiger partial charge >= 0.3 is 0 Å². The van der Waals surface area contributed by atoms with E-state index in [0.717, 1.165) is 6.42 Å². The highest BCUT2D eigenvalue weighted by Crippen LogP contribution is 2.25. The van der Waals surface area contributed by atoms with Gasteiger partial charge in [0.15, 0.2) is 5.78 Å². The molecule has 2 nitrogen and oxygen atoms in total. The first kappa shape index (κ1) is 13.5. The molecule has 1 atom stereocenters. The van der Waals surface area contributed by atoms with Crippen molar-refractivity contribution in [3.05, 3.63) is 33.8 Å². The molecule has 1 rings (SSSR count). The lowest BCUT2D eigenvalue weighted by atomic mass is 9.88. The highest BCUT2D eigenvalue weighted by Gasteiger charge is 2.28. The Labute approximate surface area is 106 Å². The van der Waals surface area contributed by atoms with Gasteiger partial charge in [0, 0.05) is 5.56 Å². The maximum atomic E-state index is 12.1. The first-order chi connectivity index (χ1) is 7.38. The summed E-state index contributed by atoms with van der Waals surface area (Å²) in [7, 11) is 0. The van der Waals surface area contributed by atoms with Crippen LogP contribution in [0.4, 0.5) is 0 Å². The van der Waals surface area contributed by atoms with E-state index in [9.17, 15) is 4.79 Å². The van der Waals surface area contributed by atoms with E-state index in [1.54, 1.807) is 25.1 Å². The van der Waals surface area contributed by atoms with Crippen molar-refractivity contribution in [3.8, 4) is 0 Å². The Morgan fingerprint density at radius 2 is 2.00 bits per heavy atom. The summed E-state index contributed by atoms with van der Waals surface area (Å²) in [6, 6.07) is 4.82. The van der Waals surface area contributed by atoms with Crippen LogP contribution in [0.1, 0.15) is 37.0 Å². The molecule has 0 fully saturated rings. The van der Waals surface area contributed by atoms with Gasteiger partial charge in [0.05, 0.1) is 15.6 Å². The molecular weight excluding hydrogens is 245 g/mol. The maximum absolute atomic E-state index is 12.1. The largest absolute Gasteiger partial charge is 0.319 e. The number of halogens is 2. The second-order valence-corrected chi connectivity index (χ2v) is 4.94. The Hall–Kier alpha value is -0.570. The maximum Gasteiger partial charge on any atom is 0.182 e. The van der Waals surface area contributed by atoms with Crippen LogP contribution in [0.2, 0.25) is 10.0 Å². The summed E-state index contributed by atoms with van der Waals surface area (Å²) in [5.74, 6) is -0.104. The van der Waals surface area contributed by atoms with Crippen molar-refractivity contribution in [2.45, 2.75) is 32.2 Å². The Kier molecular flexibility index (Phi) is 4.36. The summed E-state index contributed by atoms with van der Waals surface area (Å²) in [4.78, 5) is 12.1. The average molecular weight is 260 g/mol. The predicted molar refractivity (Wildman–Crippen MR) is 68.3 cm³/mol. The number of ketones is 1. The summed E-state index contributed by atoms with van der Waals surface area (Å²) in [5.41, 5.74) is 5.63. The van der Waals surface area contributed by atoms with Crippen molar-refractivity contribution in [1.29, 1.82) is 0 Å². The smallest absolute Gasteiger partial charge is 0.182 e. The van der Waals surface area contributed by atoms with Gasteiger partial charge in [-0.2, -0.15) is 0 Å². The van der Waals surface area contributed by atoms with Crippen molar-refractivity contribution < 1.29 is 4.79 Å². The molecule has 1 unspecified atom stereocenters. The van der Waals surface area contributed by atoms with Crippen LogP contribution < -0.4 is 5.73 Å². The van der Waals surface area contributed by atoms with Crippen LogP contribution in [-0.4, -0.2) is 11.3 Å². The van der Waals surface area contributed by atoms with Crippen molar-refractivity contribution in [3.63, 3.8) is 0 Å². The van der Waals surface area contributed by atoms with Crippen LogP contribution >= 0.6 is 23.2 Å². The van der Waals surface area contributed by atoms with Gasteiger partial charge in [0.2, 0.25) is 0 Å². The first-order valence-electron chi connectivity index (χ1n) is 5.17. The zero-order valence-electron chi connectivity index (χ0n) is 9.39. The third-order valence-corrected chi connectivity index (χ3v) is 3.21. The number of carbonyl (C=O) groups is 1. The number of hydrogen-bond acceptors (Lipinski definition) is 2. The van der Waals surface area contributed by atoms with Crippen LogP contribution in [-0.2, 0) is 0 Å². The fourth-order valence-corrected chi connectivity index (χ4v) is 1.90. The van der Waals surface area contributed by atoms with Crippen LogP contribution in [0.15, 0.2) is 18.2 Å². The monoisotopic (exact) mass is 259 g/mol. The Morgan fingerprint density at radius 1 is 1.38 bits per heavy atom. The number of rotatable bonds is 4. The van der Waals surface area contributed by atoms with E-state index in [1.807, 2.05) is 6.92 Å². The minimum atomic E-state index is -0.841. The van der Waals surface area contributed by atoms with Gasteiger partial charge in [-0.05, 0) is 31.5 Å². The molecular formula is C12H15Cl2NO. The third-order valence-electron chi connectivity index (χ3n) is 2.47. The predicted octanol–water partition coefficient (Wildman–Crippen LogP) is 3.69. The summed E-state index contributed by atoms with van der Waals surface area (Å²) in [5, 5.41) is 0.812. The zero-order chi connectivity index (χ0) is 12.3. The molecule has 2 N–H and O–H groups in total. The lowest BCUT2D eigenvalue weighted by molar-refractivity contribution is 0.0893. The van der Waals surface area contributed by atoms with Crippen molar-refractivity contribution in [2.75, 3.05) is 0 Å². The molecule has 0 aliphatic carbocycles. The molecule has 1 aromatic rings. The van der Waals surface area contributed by atoms with E-state index in [0.29, 0.717) is 22.0 Å². The molecule has 0 saturated carbocycles. The van der Waals surface area contributed by atoms with E-state index in [2.05, 4.69) is 0 Å². The molecule has 1 aromatic carbocycles. The summed E-state index contributed by atoms with van der Waals surface area (Å²) < 4.78 is 0. The topological polar surface area (TPSA) is 43.1 Å². The van der Waals surface area contributed by atoms with Gasteiger partial charge in [-0.25, -0.2) is 0 Å². The second-order valence-electron chi connectivity index (χ2n) is 4.13. The Morgan fingerprint density at radius 3 is 2.50 bits per heavy atom. The Balaban J connectivity index is 3.01. The molecule has 0 heterocycles. The van der Waals surface area contributed by atoms with Crippen LogP contribution in [0, 0.1) is 0 Å². The normalized spacial score (nSPS) is 14.6. The van der Waals surface area contributed by atoms with Crippen LogP contribution in [0.25, 0.3) is 0 Å². The minimum absolute atomic E-state index is 0.104. The fourth-order valence-electron chi connectivity index (χ4n) is 1.60. The molecule has 4 heteroatoms. The summed E-state index contributed by atoms with van der Waals surface area (Å²) >= 11 is 11.6. The van der Waals surface area contributed by atoms with Gasteiger partial charge in [0.1, 0.15) is 0 Å². The molecule has 0 aliphatic rings. The molecule has 0 amide bonds. The number of benzene rings is 1. The molecule has 0 bridgehead atoms. The number of nitrogens with two attached hydrogens (primary N) is 1. The van der Waals surface area contributed by atoms with Gasteiger partial charge in [-0.1, -0.05) is 36.5 Å². The molecule has 88 valence electrons. The van der Waals surface area contributed by atoms with E-state index in [4.69, 9.17) is 28.9 Å². The van der Waals surface area contributed by atoms with Gasteiger partial charge in [-0.3, -0.25) is 4.79 Å². The quantitative estimate of drug-likeness (QED) is 0.839. The average Bonchev–Trinajstić information content (AvgIpc) is 2.21. The fraction of sp³-hybridized carbons (Fsp3) is 0.417. The highest BCUT2D eigenvalue weighted by atomic mass is 35.5. The summed E-state index contributed by atoms with van der Waals surface area (Å²) in [6.45, 7) is 3.73. The molecule has 16 heavy (non-hydrogen) atoms. The van der Waals surface area contributed by atoms with Crippen LogP contribution in [0.3, 0.4) is 0 Å². The van der Waals surface area contributed by atoms with Crippen molar-refractivity contribution in [1.82, 2.24) is 0 Å². The molecule has 0 aromatic heterocycles. The van der Waals surface area contributed by atoms with Crippen LogP contribution in [0.5, 0.6) is 0 Å². The lowest BCUT2D eigenvalue weighted by Crippen LogP contribution is -2.44. The summed E-state index contributed by atoms with van der Waals surface area (Å²) in [6.07, 6.45) is 1.51. The van der Waals surface area contributed by atoms with Gasteiger partial charge < -0.3 is 5.73 Å². The molecule has 0 saturated heterocycles. The zero-order valence-corrected chi connectivity index (χ0v) is 10.9. The van der Waals surface area contributed by atoms with Gasteiger partial charge in [0.25, 0.3) is 0 Å².